The Morgan fingerprint density at radius 3 is 2.41 bits per heavy atom. The van der Waals surface area contributed by atoms with E-state index in [1.807, 2.05) is 12.1 Å². The van der Waals surface area contributed by atoms with Crippen LogP contribution in [0.1, 0.15) is 90.5 Å². The lowest BCUT2D eigenvalue weighted by molar-refractivity contribution is -0.119. The molecule has 0 bridgehead atoms. The summed E-state index contributed by atoms with van der Waals surface area (Å²) in [7, 11) is 0. The highest BCUT2D eigenvalue weighted by atomic mass is 35.5. The summed E-state index contributed by atoms with van der Waals surface area (Å²) in [6, 6.07) is 25.8. The number of halogens is 1. The van der Waals surface area contributed by atoms with Crippen LogP contribution in [-0.4, -0.2) is 49.6 Å². The van der Waals surface area contributed by atoms with Gasteiger partial charge in [-0.3, -0.25) is 4.79 Å². The second-order valence-electron chi connectivity index (χ2n) is 15.4. The number of hydrogen-bond donors (Lipinski definition) is 2. The molecule has 1 aliphatic carbocycles. The maximum Gasteiger partial charge on any atom is 0.220 e. The fourth-order valence-electron chi connectivity index (χ4n) is 8.18. The topological polar surface area (TPSA) is 120 Å². The van der Waals surface area contributed by atoms with Gasteiger partial charge in [-0.25, -0.2) is 0 Å². The number of ether oxygens (including phenoxy) is 3. The Balaban J connectivity index is 1.07. The van der Waals surface area contributed by atoms with E-state index in [1.165, 1.54) is 42.6 Å². The molecule has 0 radical (unpaired) electrons. The molecule has 0 saturated carbocycles. The van der Waals surface area contributed by atoms with E-state index < -0.39 is 0 Å². The van der Waals surface area contributed by atoms with Crippen molar-refractivity contribution in [2.45, 2.75) is 84.1 Å². The van der Waals surface area contributed by atoms with E-state index in [-0.39, 0.29) is 24.7 Å². The zero-order valence-corrected chi connectivity index (χ0v) is 33.1. The number of piperidine rings is 1. The lowest BCUT2D eigenvalue weighted by Crippen LogP contribution is -2.35. The Labute approximate surface area is 335 Å². The SMILES string of the molecule is Cc1c(OCCCN2CCC(C)CC2)cccc1-c1cccc2c1CC[C@@H]2Oc1cc(OCc2cc(C#N)cc(C#N)c2)c(CNC[C@@H]2CCC(=O)N2)cc1Cl. The molecule has 10 heteroatoms. The summed E-state index contributed by atoms with van der Waals surface area (Å²) < 4.78 is 19.5. The lowest BCUT2D eigenvalue weighted by atomic mass is 9.93. The maximum atomic E-state index is 11.7. The molecule has 7 rings (SSSR count). The zero-order chi connectivity index (χ0) is 39.0. The van der Waals surface area contributed by atoms with Gasteiger partial charge in [-0.05, 0) is 128 Å². The molecule has 2 saturated heterocycles. The van der Waals surface area contributed by atoms with Crippen molar-refractivity contribution >= 4 is 17.5 Å². The first-order chi connectivity index (χ1) is 27.3. The summed E-state index contributed by atoms with van der Waals surface area (Å²) in [4.78, 5) is 14.3. The Morgan fingerprint density at radius 2 is 1.66 bits per heavy atom. The molecule has 1 amide bonds. The first kappa shape index (κ1) is 39.2. The minimum absolute atomic E-state index is 0.0728. The van der Waals surface area contributed by atoms with Crippen LogP contribution in [0.5, 0.6) is 17.2 Å². The van der Waals surface area contributed by atoms with Crippen molar-refractivity contribution in [1.82, 2.24) is 15.5 Å². The smallest absolute Gasteiger partial charge is 0.220 e. The van der Waals surface area contributed by atoms with Crippen LogP contribution in [-0.2, 0) is 24.4 Å². The van der Waals surface area contributed by atoms with Crippen molar-refractivity contribution in [3.05, 3.63) is 111 Å². The summed E-state index contributed by atoms with van der Waals surface area (Å²) in [5.74, 6) is 2.95. The predicted octanol–water partition coefficient (Wildman–Crippen LogP) is 8.57. The highest BCUT2D eigenvalue weighted by Gasteiger charge is 2.29. The molecule has 0 unspecified atom stereocenters. The average Bonchev–Trinajstić information content (AvgIpc) is 3.83. The number of benzene rings is 4. The molecule has 0 spiro atoms. The summed E-state index contributed by atoms with van der Waals surface area (Å²) >= 11 is 6.94. The van der Waals surface area contributed by atoms with Gasteiger partial charge in [0.25, 0.3) is 0 Å². The molecule has 2 atom stereocenters. The van der Waals surface area contributed by atoms with Gasteiger partial charge >= 0.3 is 0 Å². The van der Waals surface area contributed by atoms with Crippen LogP contribution in [0, 0.1) is 35.5 Å². The number of hydrogen-bond acceptors (Lipinski definition) is 8. The standard InChI is InChI=1S/C46H50ClN5O4/c1-30-14-17-52(18-15-30)16-5-19-54-42-9-4-6-37(31(42)2)38-7-3-8-40-39(38)11-12-43(40)56-45-24-44(55-29-34-21-32(25-48)20-33(22-34)26-49)35(23-41(45)47)27-50-28-36-10-13-46(53)51-36/h3-4,6-9,20-24,30,36,43,50H,5,10-19,27-29H2,1-2H3,(H,51,53)/t36-,43-/m0/s1. The van der Waals surface area contributed by atoms with Crippen LogP contribution in [0.25, 0.3) is 11.1 Å². The van der Waals surface area contributed by atoms with Gasteiger partial charge in [0.15, 0.2) is 0 Å². The third-order valence-corrected chi connectivity index (χ3v) is 11.7. The van der Waals surface area contributed by atoms with Gasteiger partial charge < -0.3 is 29.7 Å². The third kappa shape index (κ3) is 9.48. The van der Waals surface area contributed by atoms with Crippen molar-refractivity contribution in [3.63, 3.8) is 0 Å². The van der Waals surface area contributed by atoms with E-state index in [1.54, 1.807) is 18.2 Å². The first-order valence-electron chi connectivity index (χ1n) is 19.9. The van der Waals surface area contributed by atoms with Gasteiger partial charge in [0.1, 0.15) is 30.0 Å². The van der Waals surface area contributed by atoms with E-state index in [0.717, 1.165) is 60.6 Å². The maximum absolute atomic E-state index is 11.7. The van der Waals surface area contributed by atoms with Crippen LogP contribution in [0.3, 0.4) is 0 Å². The summed E-state index contributed by atoms with van der Waals surface area (Å²) in [6.45, 7) is 9.88. The van der Waals surface area contributed by atoms with Crippen LogP contribution in [0.2, 0.25) is 5.02 Å². The number of carbonyl (C=O) groups excluding carboxylic acids is 1. The number of nitriles is 2. The zero-order valence-electron chi connectivity index (χ0n) is 32.3. The number of amides is 1. The average molecular weight is 772 g/mol. The predicted molar refractivity (Wildman–Crippen MR) is 218 cm³/mol. The van der Waals surface area contributed by atoms with Crippen LogP contribution >= 0.6 is 11.6 Å². The molecular formula is C46H50ClN5O4. The fourth-order valence-corrected chi connectivity index (χ4v) is 8.41. The highest BCUT2D eigenvalue weighted by Crippen LogP contribution is 2.44. The second kappa shape index (κ2) is 18.3. The summed E-state index contributed by atoms with van der Waals surface area (Å²) in [6.07, 6.45) is 6.39. The number of nitrogens with one attached hydrogen (secondary N) is 2. The normalized spacial score (nSPS) is 18.2. The molecule has 2 heterocycles. The van der Waals surface area contributed by atoms with Crippen molar-refractivity contribution in [1.29, 1.82) is 10.5 Å². The van der Waals surface area contributed by atoms with Gasteiger partial charge in [-0.15, -0.1) is 0 Å². The van der Waals surface area contributed by atoms with Gasteiger partial charge in [-0.2, -0.15) is 10.5 Å². The largest absolute Gasteiger partial charge is 0.493 e. The molecule has 3 aliphatic rings. The molecule has 290 valence electrons. The molecule has 56 heavy (non-hydrogen) atoms. The quantitative estimate of drug-likeness (QED) is 0.115. The van der Waals surface area contributed by atoms with Crippen molar-refractivity contribution < 1.29 is 19.0 Å². The fraction of sp³-hybridized carbons (Fsp3) is 0.413. The number of rotatable bonds is 15. The number of nitrogens with zero attached hydrogens (tertiary/aromatic N) is 3. The minimum atomic E-state index is -0.201. The number of fused-ring (bicyclic) bond motifs is 1. The summed E-state index contributed by atoms with van der Waals surface area (Å²) in [5, 5.41) is 25.9. The number of likely N-dealkylation sites (tertiary alicyclic amines) is 1. The van der Waals surface area contributed by atoms with Crippen LogP contribution in [0.4, 0.5) is 0 Å². The minimum Gasteiger partial charge on any atom is -0.493 e. The number of carbonyl (C=O) groups is 1. The molecule has 0 aromatic heterocycles. The van der Waals surface area contributed by atoms with Gasteiger partial charge in [0.05, 0.1) is 34.9 Å². The Hall–Kier alpha value is -5.06. The van der Waals surface area contributed by atoms with Crippen molar-refractivity contribution in [3.8, 4) is 40.5 Å². The van der Waals surface area contributed by atoms with E-state index >= 15 is 0 Å². The molecule has 2 aliphatic heterocycles. The van der Waals surface area contributed by atoms with E-state index in [2.05, 4.69) is 77.9 Å². The molecule has 2 fully saturated rings. The Bertz CT molecular complexity index is 2100. The monoisotopic (exact) mass is 771 g/mol. The van der Waals surface area contributed by atoms with Crippen LogP contribution in [0.15, 0.2) is 66.7 Å². The molecule has 4 aromatic rings. The molecule has 9 nitrogen and oxygen atoms in total. The van der Waals surface area contributed by atoms with E-state index in [4.69, 9.17) is 25.8 Å². The van der Waals surface area contributed by atoms with Gasteiger partial charge in [0, 0.05) is 43.7 Å². The van der Waals surface area contributed by atoms with E-state index in [9.17, 15) is 15.3 Å². The van der Waals surface area contributed by atoms with Gasteiger partial charge in [0.2, 0.25) is 5.91 Å². The molecule has 4 aromatic carbocycles. The summed E-state index contributed by atoms with van der Waals surface area (Å²) in [5.41, 5.74) is 8.27. The van der Waals surface area contributed by atoms with Crippen molar-refractivity contribution in [2.24, 2.45) is 5.92 Å². The molecular weight excluding hydrogens is 722 g/mol. The molecule has 2 N–H and O–H groups in total. The second-order valence-corrected chi connectivity index (χ2v) is 15.8. The van der Waals surface area contributed by atoms with E-state index in [0.29, 0.717) is 59.3 Å². The Kier molecular flexibility index (Phi) is 12.8. The van der Waals surface area contributed by atoms with Gasteiger partial charge in [-0.1, -0.05) is 48.9 Å². The Morgan fingerprint density at radius 1 is 0.893 bits per heavy atom. The third-order valence-electron chi connectivity index (χ3n) is 11.4. The first-order valence-corrected chi connectivity index (χ1v) is 20.3. The highest BCUT2D eigenvalue weighted by molar-refractivity contribution is 6.32. The van der Waals surface area contributed by atoms with Crippen LogP contribution < -0.4 is 24.8 Å². The van der Waals surface area contributed by atoms with Crippen molar-refractivity contribution in [2.75, 3.05) is 32.8 Å². The lowest BCUT2D eigenvalue weighted by Gasteiger charge is -2.30.